The zero-order valence-electron chi connectivity index (χ0n) is 11.5. The Morgan fingerprint density at radius 2 is 2.10 bits per heavy atom. The number of halogens is 1. The summed E-state index contributed by atoms with van der Waals surface area (Å²) >= 11 is 5.75. The quantitative estimate of drug-likeness (QED) is 0.829. The summed E-state index contributed by atoms with van der Waals surface area (Å²) in [4.78, 5) is 10.8. The first-order chi connectivity index (χ1) is 9.67. The number of nitrogens with zero attached hydrogens (tertiary/aromatic N) is 1. The van der Waals surface area contributed by atoms with Crippen molar-refractivity contribution in [2.24, 2.45) is 5.92 Å². The van der Waals surface area contributed by atoms with Crippen LogP contribution in [0.2, 0.25) is 5.02 Å². The summed E-state index contributed by atoms with van der Waals surface area (Å²) in [7, 11) is -4.15. The van der Waals surface area contributed by atoms with E-state index in [1.807, 2.05) is 0 Å². The van der Waals surface area contributed by atoms with Gasteiger partial charge in [-0.15, -0.1) is 0 Å². The number of hydrogen-bond donors (Lipinski definition) is 2. The number of carboxylic acids is 1. The average molecular weight is 331 g/mol. The summed E-state index contributed by atoms with van der Waals surface area (Å²) in [5, 5.41) is 18.2. The molecule has 114 valence electrons. The van der Waals surface area contributed by atoms with Crippen molar-refractivity contribution in [3.8, 4) is 6.07 Å². The summed E-state index contributed by atoms with van der Waals surface area (Å²) in [6.45, 7) is 3.56. The number of rotatable bonds is 6. The molecule has 2 N–H and O–H groups in total. The van der Waals surface area contributed by atoms with E-state index in [9.17, 15) is 13.2 Å². The minimum Gasteiger partial charge on any atom is -0.480 e. The molecule has 0 radical (unpaired) electrons. The first kappa shape index (κ1) is 17.4. The minimum absolute atomic E-state index is 0.0106. The molecule has 0 aliphatic carbocycles. The summed E-state index contributed by atoms with van der Waals surface area (Å²) in [5.74, 6) is -1.28. The molecule has 1 aromatic carbocycles. The zero-order chi connectivity index (χ0) is 16.2. The van der Waals surface area contributed by atoms with E-state index >= 15 is 0 Å². The monoisotopic (exact) mass is 330 g/mol. The second-order valence-corrected chi connectivity index (χ2v) is 7.01. The number of hydrogen-bond acceptors (Lipinski definition) is 4. The highest BCUT2D eigenvalue weighted by Gasteiger charge is 2.28. The van der Waals surface area contributed by atoms with Crippen LogP contribution in [0.3, 0.4) is 0 Å². The van der Waals surface area contributed by atoms with Gasteiger partial charge in [0, 0.05) is 5.02 Å². The highest BCUT2D eigenvalue weighted by molar-refractivity contribution is 7.89. The van der Waals surface area contributed by atoms with Crippen LogP contribution in [0.5, 0.6) is 0 Å². The van der Waals surface area contributed by atoms with Gasteiger partial charge in [0.25, 0.3) is 0 Å². The van der Waals surface area contributed by atoms with Crippen molar-refractivity contribution in [3.05, 3.63) is 28.8 Å². The lowest BCUT2D eigenvalue weighted by molar-refractivity contribution is -0.139. The smallest absolute Gasteiger partial charge is 0.321 e. The number of benzene rings is 1. The fourth-order valence-corrected chi connectivity index (χ4v) is 3.35. The van der Waals surface area contributed by atoms with Crippen LogP contribution in [0.4, 0.5) is 0 Å². The molecule has 0 aromatic heterocycles. The number of sulfonamides is 1. The van der Waals surface area contributed by atoms with Gasteiger partial charge in [-0.2, -0.15) is 9.98 Å². The third-order valence-corrected chi connectivity index (χ3v) is 4.40. The fraction of sp³-hybridized carbons (Fsp3) is 0.385. The lowest BCUT2D eigenvalue weighted by Crippen LogP contribution is -2.41. The molecule has 0 bridgehead atoms. The summed E-state index contributed by atoms with van der Waals surface area (Å²) in [5.41, 5.74) is -0.0967. The van der Waals surface area contributed by atoms with Gasteiger partial charge in [-0.25, -0.2) is 8.42 Å². The largest absolute Gasteiger partial charge is 0.480 e. The van der Waals surface area contributed by atoms with Crippen LogP contribution in [0, 0.1) is 17.2 Å². The molecule has 1 atom stereocenters. The van der Waals surface area contributed by atoms with Gasteiger partial charge in [0.1, 0.15) is 17.0 Å². The van der Waals surface area contributed by atoms with E-state index < -0.39 is 22.0 Å². The molecular weight excluding hydrogens is 316 g/mol. The number of nitriles is 1. The van der Waals surface area contributed by atoms with Crippen molar-refractivity contribution in [1.29, 1.82) is 5.26 Å². The van der Waals surface area contributed by atoms with E-state index in [0.717, 1.165) is 6.07 Å². The number of nitrogens with one attached hydrogen (secondary N) is 1. The third kappa shape index (κ3) is 4.70. The summed E-state index contributed by atoms with van der Waals surface area (Å²) in [6.07, 6.45) is 0.136. The Hall–Kier alpha value is -1.62. The highest BCUT2D eigenvalue weighted by Crippen LogP contribution is 2.21. The molecule has 1 unspecified atom stereocenters. The lowest BCUT2D eigenvalue weighted by Gasteiger charge is -2.17. The topological polar surface area (TPSA) is 107 Å². The van der Waals surface area contributed by atoms with Crippen LogP contribution in [0.15, 0.2) is 23.1 Å². The molecule has 0 fully saturated rings. The predicted octanol–water partition coefficient (Wildman–Crippen LogP) is 1.99. The van der Waals surface area contributed by atoms with Crippen molar-refractivity contribution < 1.29 is 18.3 Å². The number of carboxylic acid groups (broad SMARTS) is 1. The van der Waals surface area contributed by atoms with Crippen molar-refractivity contribution in [1.82, 2.24) is 4.72 Å². The van der Waals surface area contributed by atoms with Crippen molar-refractivity contribution >= 4 is 27.6 Å². The van der Waals surface area contributed by atoms with E-state index in [1.54, 1.807) is 19.9 Å². The third-order valence-electron chi connectivity index (χ3n) is 2.66. The molecule has 8 heteroatoms. The Balaban J connectivity index is 3.20. The number of aliphatic carboxylic acids is 1. The van der Waals surface area contributed by atoms with Gasteiger partial charge in [-0.1, -0.05) is 25.4 Å². The molecule has 0 aliphatic rings. The first-order valence-corrected chi connectivity index (χ1v) is 7.98. The molecule has 1 rings (SSSR count). The van der Waals surface area contributed by atoms with Gasteiger partial charge in [0.2, 0.25) is 10.0 Å². The molecular formula is C13H15ClN2O4S. The lowest BCUT2D eigenvalue weighted by atomic mass is 10.1. The van der Waals surface area contributed by atoms with Gasteiger partial charge < -0.3 is 5.11 Å². The maximum atomic E-state index is 12.3. The molecule has 0 amide bonds. The van der Waals surface area contributed by atoms with Gasteiger partial charge in [0.15, 0.2) is 0 Å². The van der Waals surface area contributed by atoms with Gasteiger partial charge in [0.05, 0.1) is 5.56 Å². The normalized spacial score (nSPS) is 12.9. The van der Waals surface area contributed by atoms with Crippen molar-refractivity contribution in [3.63, 3.8) is 0 Å². The fourth-order valence-electron chi connectivity index (χ4n) is 1.73. The molecule has 1 aromatic rings. The van der Waals surface area contributed by atoms with Crippen LogP contribution in [0.25, 0.3) is 0 Å². The van der Waals surface area contributed by atoms with E-state index in [2.05, 4.69) is 4.72 Å². The SMILES string of the molecule is CC(C)CC(NS(=O)(=O)c1cc(Cl)ccc1C#N)C(=O)O. The number of carbonyl (C=O) groups is 1. The van der Waals surface area contributed by atoms with Crippen molar-refractivity contribution in [2.75, 3.05) is 0 Å². The first-order valence-electron chi connectivity index (χ1n) is 6.12. The molecule has 0 saturated carbocycles. The standard InChI is InChI=1S/C13H15ClN2O4S/c1-8(2)5-11(13(17)18)16-21(19,20)12-6-10(14)4-3-9(12)7-15/h3-4,6,8,11,16H,5H2,1-2H3,(H,17,18). The summed E-state index contributed by atoms with van der Waals surface area (Å²) < 4.78 is 26.7. The van der Waals surface area contributed by atoms with Crippen molar-refractivity contribution in [2.45, 2.75) is 31.2 Å². The Morgan fingerprint density at radius 1 is 1.48 bits per heavy atom. The van der Waals surface area contributed by atoms with E-state index in [4.69, 9.17) is 22.0 Å². The molecule has 0 aliphatic heterocycles. The van der Waals surface area contributed by atoms with E-state index in [1.165, 1.54) is 12.1 Å². The zero-order valence-corrected chi connectivity index (χ0v) is 13.1. The van der Waals surface area contributed by atoms with Crippen LogP contribution in [-0.2, 0) is 14.8 Å². The molecule has 0 heterocycles. The maximum absolute atomic E-state index is 12.3. The van der Waals surface area contributed by atoms with Crippen LogP contribution in [0.1, 0.15) is 25.8 Å². The Kier molecular flexibility index (Phi) is 5.72. The highest BCUT2D eigenvalue weighted by atomic mass is 35.5. The van der Waals surface area contributed by atoms with Crippen LogP contribution in [-0.4, -0.2) is 25.5 Å². The van der Waals surface area contributed by atoms with Gasteiger partial charge in [-0.05, 0) is 30.5 Å². The van der Waals surface area contributed by atoms with E-state index in [-0.39, 0.29) is 27.8 Å². The second kappa shape index (κ2) is 6.89. The second-order valence-electron chi connectivity index (χ2n) is 4.89. The predicted molar refractivity (Wildman–Crippen MR) is 77.4 cm³/mol. The maximum Gasteiger partial charge on any atom is 0.321 e. The average Bonchev–Trinajstić information content (AvgIpc) is 2.37. The van der Waals surface area contributed by atoms with Gasteiger partial charge >= 0.3 is 5.97 Å². The molecule has 0 spiro atoms. The van der Waals surface area contributed by atoms with Gasteiger partial charge in [-0.3, -0.25) is 4.79 Å². The van der Waals surface area contributed by atoms with Crippen LogP contribution < -0.4 is 4.72 Å². The summed E-state index contributed by atoms with van der Waals surface area (Å²) in [6, 6.07) is 4.27. The molecule has 21 heavy (non-hydrogen) atoms. The Labute approximate surface area is 128 Å². The Morgan fingerprint density at radius 3 is 2.57 bits per heavy atom. The van der Waals surface area contributed by atoms with E-state index in [0.29, 0.717) is 0 Å². The molecule has 0 saturated heterocycles. The minimum atomic E-state index is -4.15. The van der Waals surface area contributed by atoms with Crippen LogP contribution >= 0.6 is 11.6 Å². The molecule has 6 nitrogen and oxygen atoms in total. The Bertz CT molecular complexity index is 680.